The minimum Gasteiger partial charge on any atom is -0.454 e. The zero-order valence-electron chi connectivity index (χ0n) is 16.6. The molecule has 0 heterocycles. The van der Waals surface area contributed by atoms with Crippen molar-refractivity contribution in [3.05, 3.63) is 64.7 Å². The largest absolute Gasteiger partial charge is 0.454 e. The van der Waals surface area contributed by atoms with Crippen LogP contribution in [0, 0.1) is 17.2 Å². The van der Waals surface area contributed by atoms with Crippen LogP contribution in [0.1, 0.15) is 36.2 Å². The SMILES string of the molecule is CC[C@H](C)[C@H](NC(=O)c1ccc(Cl)cc1)C(=O)OCC(=O)Nc1cccc(C#N)c1. The van der Waals surface area contributed by atoms with Crippen LogP contribution < -0.4 is 10.6 Å². The van der Waals surface area contributed by atoms with Crippen LogP contribution in [0.4, 0.5) is 5.69 Å². The first-order valence-electron chi connectivity index (χ1n) is 9.37. The lowest BCUT2D eigenvalue weighted by Crippen LogP contribution is -2.46. The summed E-state index contributed by atoms with van der Waals surface area (Å²) in [7, 11) is 0. The number of carbonyl (C=O) groups excluding carboxylic acids is 3. The second-order valence-corrected chi connectivity index (χ2v) is 7.13. The molecule has 30 heavy (non-hydrogen) atoms. The number of nitrogens with one attached hydrogen (secondary N) is 2. The van der Waals surface area contributed by atoms with Crippen LogP contribution in [0.3, 0.4) is 0 Å². The van der Waals surface area contributed by atoms with Crippen LogP contribution in [0.5, 0.6) is 0 Å². The molecule has 0 aliphatic heterocycles. The Morgan fingerprint density at radius 2 is 1.87 bits per heavy atom. The minimum atomic E-state index is -0.909. The number of carbonyl (C=O) groups is 3. The van der Waals surface area contributed by atoms with Crippen molar-refractivity contribution in [2.45, 2.75) is 26.3 Å². The van der Waals surface area contributed by atoms with Gasteiger partial charge in [0.1, 0.15) is 6.04 Å². The summed E-state index contributed by atoms with van der Waals surface area (Å²) < 4.78 is 5.12. The molecule has 156 valence electrons. The van der Waals surface area contributed by atoms with Gasteiger partial charge in [-0.3, -0.25) is 9.59 Å². The third kappa shape index (κ3) is 6.61. The summed E-state index contributed by atoms with van der Waals surface area (Å²) in [5.41, 5.74) is 1.17. The maximum absolute atomic E-state index is 12.5. The number of nitrogens with zero attached hydrogens (tertiary/aromatic N) is 1. The molecule has 2 amide bonds. The molecule has 0 saturated heterocycles. The van der Waals surface area contributed by atoms with E-state index < -0.39 is 30.4 Å². The molecule has 7 nitrogen and oxygen atoms in total. The molecule has 0 aliphatic carbocycles. The highest BCUT2D eigenvalue weighted by Gasteiger charge is 2.28. The Hall–Kier alpha value is -3.37. The Balaban J connectivity index is 1.97. The fourth-order valence-corrected chi connectivity index (χ4v) is 2.71. The second-order valence-electron chi connectivity index (χ2n) is 6.69. The van der Waals surface area contributed by atoms with Gasteiger partial charge in [-0.25, -0.2) is 4.79 Å². The second kappa shape index (κ2) is 11.0. The van der Waals surface area contributed by atoms with E-state index >= 15 is 0 Å². The highest BCUT2D eigenvalue weighted by Crippen LogP contribution is 2.14. The number of hydrogen-bond acceptors (Lipinski definition) is 5. The van der Waals surface area contributed by atoms with E-state index in [9.17, 15) is 14.4 Å². The maximum Gasteiger partial charge on any atom is 0.329 e. The Morgan fingerprint density at radius 1 is 1.17 bits per heavy atom. The van der Waals surface area contributed by atoms with E-state index in [1.54, 1.807) is 42.5 Å². The van der Waals surface area contributed by atoms with Crippen molar-refractivity contribution in [1.29, 1.82) is 5.26 Å². The quantitative estimate of drug-likeness (QED) is 0.626. The van der Waals surface area contributed by atoms with Gasteiger partial charge in [-0.1, -0.05) is 37.9 Å². The molecule has 2 N–H and O–H groups in total. The number of ether oxygens (including phenoxy) is 1. The highest BCUT2D eigenvalue weighted by molar-refractivity contribution is 6.30. The van der Waals surface area contributed by atoms with Crippen LogP contribution in [0.25, 0.3) is 0 Å². The molecule has 2 aromatic rings. The number of anilines is 1. The lowest BCUT2D eigenvalue weighted by molar-refractivity contribution is -0.150. The maximum atomic E-state index is 12.5. The first-order chi connectivity index (χ1) is 14.3. The van der Waals surface area contributed by atoms with Crippen molar-refractivity contribution >= 4 is 35.1 Å². The van der Waals surface area contributed by atoms with Gasteiger partial charge >= 0.3 is 5.97 Å². The summed E-state index contributed by atoms with van der Waals surface area (Å²) in [5, 5.41) is 14.6. The molecular formula is C22H22ClN3O4. The molecule has 2 aromatic carbocycles. The fourth-order valence-electron chi connectivity index (χ4n) is 2.59. The number of hydrogen-bond donors (Lipinski definition) is 2. The van der Waals surface area contributed by atoms with E-state index in [0.717, 1.165) is 0 Å². The van der Waals surface area contributed by atoms with Gasteiger partial charge in [-0.05, 0) is 48.4 Å². The van der Waals surface area contributed by atoms with Gasteiger partial charge < -0.3 is 15.4 Å². The van der Waals surface area contributed by atoms with E-state index in [4.69, 9.17) is 21.6 Å². The van der Waals surface area contributed by atoms with Gasteiger partial charge in [0.15, 0.2) is 6.61 Å². The molecule has 0 unspecified atom stereocenters. The summed E-state index contributed by atoms with van der Waals surface area (Å²) in [4.78, 5) is 37.1. The molecule has 0 fully saturated rings. The normalized spacial score (nSPS) is 12.2. The Morgan fingerprint density at radius 3 is 2.50 bits per heavy atom. The zero-order chi connectivity index (χ0) is 22.1. The molecule has 2 atom stereocenters. The third-order valence-electron chi connectivity index (χ3n) is 4.48. The predicted octanol–water partition coefficient (Wildman–Crippen LogP) is 3.54. The van der Waals surface area contributed by atoms with Crippen molar-refractivity contribution in [3.8, 4) is 6.07 Å². The molecule has 0 aliphatic rings. The third-order valence-corrected chi connectivity index (χ3v) is 4.73. The molecular weight excluding hydrogens is 406 g/mol. The van der Waals surface area contributed by atoms with Crippen LogP contribution in [-0.4, -0.2) is 30.4 Å². The molecule has 2 rings (SSSR count). The minimum absolute atomic E-state index is 0.205. The van der Waals surface area contributed by atoms with Crippen LogP contribution in [-0.2, 0) is 14.3 Å². The Labute approximate surface area is 180 Å². The Bertz CT molecular complexity index is 954. The fraction of sp³-hybridized carbons (Fsp3) is 0.273. The Kier molecular flexibility index (Phi) is 8.39. The van der Waals surface area contributed by atoms with E-state index in [1.165, 1.54) is 6.07 Å². The summed E-state index contributed by atoms with van der Waals surface area (Å²) >= 11 is 5.83. The van der Waals surface area contributed by atoms with Crippen molar-refractivity contribution in [2.75, 3.05) is 11.9 Å². The van der Waals surface area contributed by atoms with Crippen LogP contribution in [0.2, 0.25) is 5.02 Å². The lowest BCUT2D eigenvalue weighted by atomic mass is 9.99. The number of halogens is 1. The van der Waals surface area contributed by atoms with Gasteiger partial charge in [0.05, 0.1) is 11.6 Å². The number of amides is 2. The molecule has 0 radical (unpaired) electrons. The number of nitriles is 1. The van der Waals surface area contributed by atoms with Crippen LogP contribution in [0.15, 0.2) is 48.5 Å². The monoisotopic (exact) mass is 427 g/mol. The van der Waals surface area contributed by atoms with Gasteiger partial charge in [-0.2, -0.15) is 5.26 Å². The van der Waals surface area contributed by atoms with E-state index in [1.807, 2.05) is 19.9 Å². The van der Waals surface area contributed by atoms with Gasteiger partial charge in [0.25, 0.3) is 11.8 Å². The predicted molar refractivity (Wildman–Crippen MR) is 113 cm³/mol. The summed E-state index contributed by atoms with van der Waals surface area (Å²) in [5.74, 6) is -1.89. The van der Waals surface area contributed by atoms with Crippen molar-refractivity contribution in [3.63, 3.8) is 0 Å². The van der Waals surface area contributed by atoms with Gasteiger partial charge in [0, 0.05) is 16.3 Å². The lowest BCUT2D eigenvalue weighted by Gasteiger charge is -2.22. The first kappa shape index (κ1) is 22.9. The molecule has 0 saturated carbocycles. The highest BCUT2D eigenvalue weighted by atomic mass is 35.5. The average molecular weight is 428 g/mol. The molecule has 0 spiro atoms. The topological polar surface area (TPSA) is 108 Å². The standard InChI is InChI=1S/C22H22ClN3O4/c1-3-14(2)20(26-21(28)16-7-9-17(23)10-8-16)22(29)30-13-19(27)25-18-6-4-5-15(11-18)12-24/h4-11,14,20H,3,13H2,1-2H3,(H,25,27)(H,26,28)/t14-,20-/m0/s1. The van der Waals surface area contributed by atoms with E-state index in [2.05, 4.69) is 10.6 Å². The van der Waals surface area contributed by atoms with Gasteiger partial charge in [-0.15, -0.1) is 0 Å². The van der Waals surface area contributed by atoms with Crippen LogP contribution >= 0.6 is 11.6 Å². The summed E-state index contributed by atoms with van der Waals surface area (Å²) in [6.07, 6.45) is 0.619. The van der Waals surface area contributed by atoms with E-state index in [0.29, 0.717) is 28.3 Å². The number of esters is 1. The first-order valence-corrected chi connectivity index (χ1v) is 9.75. The molecule has 0 aromatic heterocycles. The van der Waals surface area contributed by atoms with E-state index in [-0.39, 0.29) is 5.92 Å². The summed E-state index contributed by atoms with van der Waals surface area (Å²) in [6.45, 7) is 3.18. The number of rotatable bonds is 8. The summed E-state index contributed by atoms with van der Waals surface area (Å²) in [6, 6.07) is 13.7. The van der Waals surface area contributed by atoms with Crippen molar-refractivity contribution < 1.29 is 19.1 Å². The molecule has 0 bridgehead atoms. The van der Waals surface area contributed by atoms with Crippen molar-refractivity contribution in [1.82, 2.24) is 5.32 Å². The smallest absolute Gasteiger partial charge is 0.329 e. The van der Waals surface area contributed by atoms with Crippen molar-refractivity contribution in [2.24, 2.45) is 5.92 Å². The zero-order valence-corrected chi connectivity index (χ0v) is 17.4. The molecule has 8 heteroatoms. The number of benzene rings is 2. The van der Waals surface area contributed by atoms with Gasteiger partial charge in [0.2, 0.25) is 0 Å². The average Bonchev–Trinajstić information content (AvgIpc) is 2.75.